The van der Waals surface area contributed by atoms with Gasteiger partial charge in [0.05, 0.1) is 0 Å². The number of carbonyl (C=O) groups excluding carboxylic acids is 1. The molecule has 2 aliphatic carbocycles. The van der Waals surface area contributed by atoms with Crippen LogP contribution in [0, 0.1) is 11.8 Å². The second kappa shape index (κ2) is 7.41. The van der Waals surface area contributed by atoms with Crippen LogP contribution < -0.4 is 11.1 Å². The number of rotatable bonds is 10. The molecule has 3 N–H and O–H groups in total. The summed E-state index contributed by atoms with van der Waals surface area (Å²) in [6, 6.07) is 0. The van der Waals surface area contributed by atoms with Crippen molar-refractivity contribution in [2.24, 2.45) is 17.6 Å². The third-order valence-electron chi connectivity index (χ3n) is 4.93. The van der Waals surface area contributed by atoms with Crippen molar-refractivity contribution in [3.63, 3.8) is 0 Å². The highest BCUT2D eigenvalue weighted by Gasteiger charge is 2.46. The fourth-order valence-corrected chi connectivity index (χ4v) is 3.45. The van der Waals surface area contributed by atoms with Gasteiger partial charge in [-0.05, 0) is 50.5 Å². The van der Waals surface area contributed by atoms with Crippen LogP contribution in [0.3, 0.4) is 0 Å². The first-order valence-electron chi connectivity index (χ1n) is 8.31. The lowest BCUT2D eigenvalue weighted by Gasteiger charge is -2.33. The fourth-order valence-electron chi connectivity index (χ4n) is 3.45. The Labute approximate surface area is 122 Å². The third kappa shape index (κ3) is 3.95. The van der Waals surface area contributed by atoms with Gasteiger partial charge in [-0.3, -0.25) is 4.79 Å². The van der Waals surface area contributed by atoms with Crippen molar-refractivity contribution < 1.29 is 9.53 Å². The largest absolute Gasteiger partial charge is 0.381 e. The van der Waals surface area contributed by atoms with Crippen LogP contribution in [-0.4, -0.2) is 31.2 Å². The van der Waals surface area contributed by atoms with Crippen LogP contribution in [-0.2, 0) is 9.53 Å². The standard InChI is InChI=1S/C16H30N2O2/c1-2-10-18-16(15(17)19)9-3-4-14(16)8-12-20-11-7-13-5-6-13/h13-14,18H,2-12H2,1H3,(H2,17,19). The van der Waals surface area contributed by atoms with E-state index < -0.39 is 5.54 Å². The van der Waals surface area contributed by atoms with Gasteiger partial charge in [0.2, 0.25) is 5.91 Å². The monoisotopic (exact) mass is 282 g/mol. The van der Waals surface area contributed by atoms with Gasteiger partial charge in [0.25, 0.3) is 0 Å². The van der Waals surface area contributed by atoms with Crippen LogP contribution in [0.15, 0.2) is 0 Å². The summed E-state index contributed by atoms with van der Waals surface area (Å²) in [6.07, 6.45) is 9.02. The van der Waals surface area contributed by atoms with E-state index in [1.165, 1.54) is 19.3 Å². The topological polar surface area (TPSA) is 64.3 Å². The molecule has 2 rings (SSSR count). The van der Waals surface area contributed by atoms with Crippen LogP contribution in [0.2, 0.25) is 0 Å². The molecule has 2 aliphatic rings. The van der Waals surface area contributed by atoms with Crippen LogP contribution in [0.5, 0.6) is 0 Å². The molecular weight excluding hydrogens is 252 g/mol. The van der Waals surface area contributed by atoms with Crippen LogP contribution in [0.25, 0.3) is 0 Å². The summed E-state index contributed by atoms with van der Waals surface area (Å²) in [5.74, 6) is 1.09. The van der Waals surface area contributed by atoms with Crippen molar-refractivity contribution in [2.45, 2.75) is 63.8 Å². The van der Waals surface area contributed by atoms with Crippen molar-refractivity contribution >= 4 is 5.91 Å². The van der Waals surface area contributed by atoms with E-state index in [1.807, 2.05) is 0 Å². The van der Waals surface area contributed by atoms with E-state index in [-0.39, 0.29) is 5.91 Å². The number of nitrogens with one attached hydrogen (secondary N) is 1. The zero-order chi connectivity index (χ0) is 14.4. The smallest absolute Gasteiger partial charge is 0.238 e. The average Bonchev–Trinajstić information content (AvgIpc) is 3.16. The predicted octanol–water partition coefficient (Wildman–Crippen LogP) is 2.22. The molecular formula is C16H30N2O2. The second-order valence-corrected chi connectivity index (χ2v) is 6.48. The first-order chi connectivity index (χ1) is 9.69. The highest BCUT2D eigenvalue weighted by Crippen LogP contribution is 2.38. The van der Waals surface area contributed by atoms with Crippen LogP contribution in [0.4, 0.5) is 0 Å². The van der Waals surface area contributed by atoms with E-state index >= 15 is 0 Å². The van der Waals surface area contributed by atoms with E-state index in [2.05, 4.69) is 12.2 Å². The molecule has 20 heavy (non-hydrogen) atoms. The first-order valence-corrected chi connectivity index (χ1v) is 8.31. The fraction of sp³-hybridized carbons (Fsp3) is 0.938. The van der Waals surface area contributed by atoms with Crippen molar-refractivity contribution in [3.8, 4) is 0 Å². The number of nitrogens with two attached hydrogens (primary N) is 1. The Morgan fingerprint density at radius 3 is 2.70 bits per heavy atom. The molecule has 0 aromatic carbocycles. The molecule has 0 aliphatic heterocycles. The molecule has 0 aromatic heterocycles. The van der Waals surface area contributed by atoms with E-state index in [1.54, 1.807) is 0 Å². The molecule has 0 bridgehead atoms. The van der Waals surface area contributed by atoms with Crippen LogP contribution >= 0.6 is 0 Å². The molecule has 4 nitrogen and oxygen atoms in total. The van der Waals surface area contributed by atoms with E-state index in [9.17, 15) is 4.79 Å². The number of primary amides is 1. The molecule has 4 heteroatoms. The van der Waals surface area contributed by atoms with E-state index in [0.29, 0.717) is 5.92 Å². The average molecular weight is 282 g/mol. The minimum absolute atomic E-state index is 0.175. The number of hydrogen-bond acceptors (Lipinski definition) is 3. The summed E-state index contributed by atoms with van der Waals surface area (Å²) in [6.45, 7) is 4.62. The Balaban J connectivity index is 1.75. The lowest BCUT2D eigenvalue weighted by molar-refractivity contribution is -0.126. The van der Waals surface area contributed by atoms with E-state index in [4.69, 9.17) is 10.5 Å². The Hall–Kier alpha value is -0.610. The summed E-state index contributed by atoms with van der Waals surface area (Å²) in [7, 11) is 0. The molecule has 116 valence electrons. The number of ether oxygens (including phenoxy) is 1. The summed E-state index contributed by atoms with van der Waals surface area (Å²) in [5.41, 5.74) is 5.22. The summed E-state index contributed by atoms with van der Waals surface area (Å²) in [5, 5.41) is 3.43. The predicted molar refractivity (Wildman–Crippen MR) is 80.3 cm³/mol. The van der Waals surface area contributed by atoms with Gasteiger partial charge in [-0.15, -0.1) is 0 Å². The molecule has 2 saturated carbocycles. The number of hydrogen-bond donors (Lipinski definition) is 2. The van der Waals surface area contributed by atoms with Gasteiger partial charge in [-0.25, -0.2) is 0 Å². The molecule has 2 unspecified atom stereocenters. The number of amides is 1. The Morgan fingerprint density at radius 1 is 1.30 bits per heavy atom. The second-order valence-electron chi connectivity index (χ2n) is 6.48. The Bertz CT molecular complexity index is 318. The maximum Gasteiger partial charge on any atom is 0.238 e. The van der Waals surface area contributed by atoms with E-state index in [0.717, 1.165) is 57.8 Å². The van der Waals surface area contributed by atoms with Gasteiger partial charge in [-0.2, -0.15) is 0 Å². The number of carbonyl (C=O) groups is 1. The van der Waals surface area contributed by atoms with Crippen molar-refractivity contribution in [1.82, 2.24) is 5.32 Å². The lowest BCUT2D eigenvalue weighted by Crippen LogP contribution is -2.58. The molecule has 0 saturated heterocycles. The molecule has 0 spiro atoms. The van der Waals surface area contributed by atoms with Crippen molar-refractivity contribution in [2.75, 3.05) is 19.8 Å². The summed E-state index contributed by atoms with van der Waals surface area (Å²) in [4.78, 5) is 11.9. The van der Waals surface area contributed by atoms with Gasteiger partial charge in [-0.1, -0.05) is 26.2 Å². The minimum atomic E-state index is -0.476. The SMILES string of the molecule is CCCNC1(C(N)=O)CCCC1CCOCCC1CC1. The highest BCUT2D eigenvalue weighted by molar-refractivity contribution is 5.85. The molecule has 2 fully saturated rings. The van der Waals surface area contributed by atoms with Gasteiger partial charge in [0.15, 0.2) is 0 Å². The normalized spacial score (nSPS) is 29.8. The molecule has 2 atom stereocenters. The van der Waals surface area contributed by atoms with Gasteiger partial charge in [0, 0.05) is 13.2 Å². The molecule has 0 radical (unpaired) electrons. The zero-order valence-corrected chi connectivity index (χ0v) is 12.8. The van der Waals surface area contributed by atoms with Crippen molar-refractivity contribution in [1.29, 1.82) is 0 Å². The van der Waals surface area contributed by atoms with Crippen molar-refractivity contribution in [3.05, 3.63) is 0 Å². The summed E-state index contributed by atoms with van der Waals surface area (Å²) < 4.78 is 5.74. The molecule has 0 heterocycles. The molecule has 1 amide bonds. The van der Waals surface area contributed by atoms with Gasteiger partial charge < -0.3 is 15.8 Å². The Morgan fingerprint density at radius 2 is 2.05 bits per heavy atom. The van der Waals surface area contributed by atoms with Crippen LogP contribution in [0.1, 0.15) is 58.3 Å². The molecule has 0 aromatic rings. The van der Waals surface area contributed by atoms with Gasteiger partial charge >= 0.3 is 0 Å². The maximum absolute atomic E-state index is 11.9. The maximum atomic E-state index is 11.9. The quantitative estimate of drug-likeness (QED) is 0.604. The minimum Gasteiger partial charge on any atom is -0.381 e. The Kier molecular flexibility index (Phi) is 5.85. The first kappa shape index (κ1) is 15.8. The third-order valence-corrected chi connectivity index (χ3v) is 4.93. The zero-order valence-electron chi connectivity index (χ0n) is 12.8. The highest BCUT2D eigenvalue weighted by atomic mass is 16.5. The summed E-state index contributed by atoms with van der Waals surface area (Å²) >= 11 is 0. The van der Waals surface area contributed by atoms with Gasteiger partial charge in [0.1, 0.15) is 5.54 Å². The lowest BCUT2D eigenvalue weighted by atomic mass is 9.84.